The topological polar surface area (TPSA) is 82.1 Å². The van der Waals surface area contributed by atoms with Crippen LogP contribution < -0.4 is 4.74 Å². The minimum Gasteiger partial charge on any atom is -0.491 e. The van der Waals surface area contributed by atoms with Gasteiger partial charge in [-0.1, -0.05) is 24.3 Å². The van der Waals surface area contributed by atoms with Crippen LogP contribution in [0.15, 0.2) is 42.5 Å². The summed E-state index contributed by atoms with van der Waals surface area (Å²) in [5, 5.41) is 8.58. The van der Waals surface area contributed by atoms with Crippen LogP contribution in [0.3, 0.4) is 0 Å². The maximum absolute atomic E-state index is 12.6. The molecule has 1 N–H and O–H groups in total. The molecule has 0 saturated carbocycles. The molecular weight excluding hydrogens is 336 g/mol. The molecule has 6 heteroatoms. The van der Waals surface area contributed by atoms with E-state index in [2.05, 4.69) is 0 Å². The molecule has 0 saturated heterocycles. The monoisotopic (exact) mass is 356 g/mol. The molecule has 0 radical (unpaired) electrons. The molecule has 1 aliphatic rings. The molecule has 0 heterocycles. The second kappa shape index (κ2) is 8.71. The summed E-state index contributed by atoms with van der Waals surface area (Å²) in [6, 6.07) is 11.8. The molecule has 0 aliphatic heterocycles. The van der Waals surface area contributed by atoms with Crippen LogP contribution >= 0.6 is 0 Å². The van der Waals surface area contributed by atoms with Gasteiger partial charge in [0.1, 0.15) is 12.4 Å². The third kappa shape index (κ3) is 3.99. The fraction of sp³-hybridized carbons (Fsp3) is 0.300. The van der Waals surface area contributed by atoms with Crippen LogP contribution in [0.25, 0.3) is 0 Å². The smallest absolute Gasteiger partial charge is 0.194 e. The summed E-state index contributed by atoms with van der Waals surface area (Å²) < 4.78 is 16.0. The third-order valence-corrected chi connectivity index (χ3v) is 4.00. The van der Waals surface area contributed by atoms with Crippen LogP contribution in [0, 0.1) is 0 Å². The fourth-order valence-electron chi connectivity index (χ4n) is 2.77. The van der Waals surface area contributed by atoms with E-state index in [0.717, 1.165) is 0 Å². The van der Waals surface area contributed by atoms with E-state index in [1.807, 2.05) is 0 Å². The predicted molar refractivity (Wildman–Crippen MR) is 94.0 cm³/mol. The standard InChI is InChI=1S/C20H20O6/c21-7-8-24-9-10-25-11-12-26-14-5-6-17-18(13-14)20(23)16-4-2-1-3-15(16)19(17)22/h1-6,13,21H,7-12H2. The number of hydrogen-bond acceptors (Lipinski definition) is 6. The Labute approximate surface area is 151 Å². The van der Waals surface area contributed by atoms with Crippen LogP contribution in [-0.4, -0.2) is 56.3 Å². The van der Waals surface area contributed by atoms with Gasteiger partial charge in [-0.3, -0.25) is 9.59 Å². The molecular formula is C20H20O6. The summed E-state index contributed by atoms with van der Waals surface area (Å²) in [6.45, 7) is 1.80. The first-order valence-electron chi connectivity index (χ1n) is 8.44. The molecule has 2 aromatic rings. The minimum absolute atomic E-state index is 0.00681. The number of benzene rings is 2. The quantitative estimate of drug-likeness (QED) is 0.590. The van der Waals surface area contributed by atoms with Crippen LogP contribution in [-0.2, 0) is 9.47 Å². The van der Waals surface area contributed by atoms with Gasteiger partial charge in [0.05, 0.1) is 33.0 Å². The van der Waals surface area contributed by atoms with Gasteiger partial charge in [-0.05, 0) is 18.2 Å². The van der Waals surface area contributed by atoms with Crippen molar-refractivity contribution in [2.75, 3.05) is 39.6 Å². The van der Waals surface area contributed by atoms with E-state index < -0.39 is 0 Å². The van der Waals surface area contributed by atoms with E-state index in [1.54, 1.807) is 42.5 Å². The van der Waals surface area contributed by atoms with E-state index in [1.165, 1.54) is 0 Å². The Morgan fingerprint density at radius 2 is 1.27 bits per heavy atom. The Morgan fingerprint density at radius 3 is 1.96 bits per heavy atom. The lowest BCUT2D eigenvalue weighted by Crippen LogP contribution is -2.20. The number of rotatable bonds is 9. The Bertz CT molecular complexity index is 799. The maximum atomic E-state index is 12.6. The summed E-state index contributed by atoms with van der Waals surface area (Å²) in [4.78, 5) is 25.2. The zero-order chi connectivity index (χ0) is 18.4. The van der Waals surface area contributed by atoms with Gasteiger partial charge in [0, 0.05) is 22.3 Å². The number of fused-ring (bicyclic) bond motifs is 2. The van der Waals surface area contributed by atoms with Crippen LogP contribution in [0.1, 0.15) is 31.8 Å². The van der Waals surface area contributed by atoms with Crippen molar-refractivity contribution in [1.82, 2.24) is 0 Å². The molecule has 136 valence electrons. The SMILES string of the molecule is O=C1c2ccccc2C(=O)c2cc(OCCOCCOCCO)ccc21. The summed E-state index contributed by atoms with van der Waals surface area (Å²) in [5.74, 6) is 0.204. The van der Waals surface area contributed by atoms with Gasteiger partial charge in [-0.2, -0.15) is 0 Å². The highest BCUT2D eigenvalue weighted by molar-refractivity contribution is 6.28. The second-order valence-electron chi connectivity index (χ2n) is 5.71. The van der Waals surface area contributed by atoms with Crippen molar-refractivity contribution in [2.24, 2.45) is 0 Å². The third-order valence-electron chi connectivity index (χ3n) is 4.00. The molecule has 6 nitrogen and oxygen atoms in total. The van der Waals surface area contributed by atoms with E-state index in [-0.39, 0.29) is 18.2 Å². The number of ether oxygens (including phenoxy) is 3. The van der Waals surface area contributed by atoms with Crippen molar-refractivity contribution in [1.29, 1.82) is 0 Å². The van der Waals surface area contributed by atoms with Crippen molar-refractivity contribution < 1.29 is 28.9 Å². The highest BCUT2D eigenvalue weighted by Gasteiger charge is 2.29. The molecule has 0 spiro atoms. The maximum Gasteiger partial charge on any atom is 0.194 e. The number of hydrogen-bond donors (Lipinski definition) is 1. The number of carbonyl (C=O) groups excluding carboxylic acids is 2. The van der Waals surface area contributed by atoms with Crippen molar-refractivity contribution in [3.05, 3.63) is 64.7 Å². The highest BCUT2D eigenvalue weighted by Crippen LogP contribution is 2.29. The Kier molecular flexibility index (Phi) is 6.12. The molecule has 0 bridgehead atoms. The molecule has 0 unspecified atom stereocenters. The predicted octanol–water partition coefficient (Wildman–Crippen LogP) is 1.87. The minimum atomic E-state index is -0.169. The molecule has 0 atom stereocenters. The van der Waals surface area contributed by atoms with Gasteiger partial charge < -0.3 is 19.3 Å². The first-order valence-corrected chi connectivity index (χ1v) is 8.44. The number of aliphatic hydroxyl groups is 1. The van der Waals surface area contributed by atoms with Crippen LogP contribution in [0.2, 0.25) is 0 Å². The van der Waals surface area contributed by atoms with Crippen LogP contribution in [0.4, 0.5) is 0 Å². The number of aliphatic hydroxyl groups excluding tert-OH is 1. The largest absolute Gasteiger partial charge is 0.491 e. The molecule has 0 amide bonds. The average molecular weight is 356 g/mol. The molecule has 3 rings (SSSR count). The average Bonchev–Trinajstić information content (AvgIpc) is 2.68. The summed E-state index contributed by atoms with van der Waals surface area (Å²) in [5.41, 5.74) is 1.63. The lowest BCUT2D eigenvalue weighted by atomic mass is 9.84. The van der Waals surface area contributed by atoms with Gasteiger partial charge in [0.15, 0.2) is 11.6 Å². The molecule has 1 aliphatic carbocycles. The lowest BCUT2D eigenvalue weighted by molar-refractivity contribution is 0.0247. The van der Waals surface area contributed by atoms with E-state index in [9.17, 15) is 9.59 Å². The molecule has 26 heavy (non-hydrogen) atoms. The molecule has 0 aromatic heterocycles. The van der Waals surface area contributed by atoms with Crippen molar-refractivity contribution in [2.45, 2.75) is 0 Å². The van der Waals surface area contributed by atoms with Crippen LogP contribution in [0.5, 0.6) is 5.75 Å². The lowest BCUT2D eigenvalue weighted by Gasteiger charge is -2.18. The summed E-state index contributed by atoms with van der Waals surface area (Å²) in [6.07, 6.45) is 0. The first-order chi connectivity index (χ1) is 12.7. The molecule has 0 fully saturated rings. The Balaban J connectivity index is 1.58. The number of carbonyl (C=O) groups is 2. The zero-order valence-corrected chi connectivity index (χ0v) is 14.3. The van der Waals surface area contributed by atoms with Gasteiger partial charge in [-0.15, -0.1) is 0 Å². The Morgan fingerprint density at radius 1 is 0.692 bits per heavy atom. The second-order valence-corrected chi connectivity index (χ2v) is 5.71. The first kappa shape index (κ1) is 18.3. The van der Waals surface area contributed by atoms with Crippen molar-refractivity contribution in [3.8, 4) is 5.75 Å². The van der Waals surface area contributed by atoms with E-state index >= 15 is 0 Å². The highest BCUT2D eigenvalue weighted by atomic mass is 16.5. The summed E-state index contributed by atoms with van der Waals surface area (Å²) in [7, 11) is 0. The normalized spacial score (nSPS) is 12.7. The van der Waals surface area contributed by atoms with Gasteiger partial charge >= 0.3 is 0 Å². The summed E-state index contributed by atoms with van der Waals surface area (Å²) >= 11 is 0. The fourth-order valence-corrected chi connectivity index (χ4v) is 2.77. The van der Waals surface area contributed by atoms with Crippen molar-refractivity contribution in [3.63, 3.8) is 0 Å². The van der Waals surface area contributed by atoms with E-state index in [4.69, 9.17) is 19.3 Å². The van der Waals surface area contributed by atoms with Gasteiger partial charge in [0.25, 0.3) is 0 Å². The molecule has 2 aromatic carbocycles. The van der Waals surface area contributed by atoms with Gasteiger partial charge in [-0.25, -0.2) is 0 Å². The van der Waals surface area contributed by atoms with Gasteiger partial charge in [0.2, 0.25) is 0 Å². The Hall–Kier alpha value is -2.54. The van der Waals surface area contributed by atoms with Crippen molar-refractivity contribution >= 4 is 11.6 Å². The zero-order valence-electron chi connectivity index (χ0n) is 14.3. The number of ketones is 2. The van der Waals surface area contributed by atoms with E-state index in [0.29, 0.717) is 61.0 Å².